The standard InChI is InChI=1S/C22H37N3O3/c1-16-15-17(25-11-13-27-14-12-25)24-19(22(5,6)7)18(16)28-20(26)23-10-8-9-21(2,3)4/h15H,8-14H2,1-7H3,(H,23,26). The summed E-state index contributed by atoms with van der Waals surface area (Å²) >= 11 is 0. The molecule has 1 aromatic heterocycles. The predicted molar refractivity (Wildman–Crippen MR) is 113 cm³/mol. The molecule has 1 fully saturated rings. The lowest BCUT2D eigenvalue weighted by Crippen LogP contribution is -2.37. The van der Waals surface area contributed by atoms with Gasteiger partial charge in [-0.1, -0.05) is 41.5 Å². The minimum atomic E-state index is -0.413. The molecule has 1 amide bonds. The second kappa shape index (κ2) is 9.12. The molecule has 0 spiro atoms. The monoisotopic (exact) mass is 391 g/mol. The Labute approximate surface area is 170 Å². The van der Waals surface area contributed by atoms with Crippen molar-refractivity contribution in [1.82, 2.24) is 10.3 Å². The maximum Gasteiger partial charge on any atom is 0.412 e. The van der Waals surface area contributed by atoms with Gasteiger partial charge in [-0.15, -0.1) is 0 Å². The highest BCUT2D eigenvalue weighted by molar-refractivity contribution is 5.71. The van der Waals surface area contributed by atoms with Crippen LogP contribution in [0.1, 0.15) is 65.6 Å². The van der Waals surface area contributed by atoms with E-state index in [1.54, 1.807) is 0 Å². The lowest BCUT2D eigenvalue weighted by atomic mass is 9.90. The van der Waals surface area contributed by atoms with E-state index in [0.29, 0.717) is 25.5 Å². The van der Waals surface area contributed by atoms with E-state index in [1.807, 2.05) is 13.0 Å². The van der Waals surface area contributed by atoms with Crippen LogP contribution in [0.4, 0.5) is 10.6 Å². The Bertz CT molecular complexity index is 669. The zero-order valence-electron chi connectivity index (χ0n) is 18.6. The number of pyridine rings is 1. The molecule has 0 bridgehead atoms. The fraction of sp³-hybridized carbons (Fsp3) is 0.727. The molecule has 1 aliphatic rings. The van der Waals surface area contributed by atoms with Gasteiger partial charge in [0.1, 0.15) is 5.82 Å². The highest BCUT2D eigenvalue weighted by atomic mass is 16.6. The number of amides is 1. The third-order valence-electron chi connectivity index (χ3n) is 4.76. The fourth-order valence-electron chi connectivity index (χ4n) is 3.17. The van der Waals surface area contributed by atoms with Crippen LogP contribution in [0.2, 0.25) is 0 Å². The molecule has 0 aliphatic carbocycles. The molecule has 158 valence electrons. The molecule has 0 unspecified atom stereocenters. The van der Waals surface area contributed by atoms with Gasteiger partial charge in [0.25, 0.3) is 0 Å². The summed E-state index contributed by atoms with van der Waals surface area (Å²) in [6.07, 6.45) is 1.57. The van der Waals surface area contributed by atoms with Crippen LogP contribution in [-0.4, -0.2) is 43.9 Å². The van der Waals surface area contributed by atoms with E-state index in [-0.39, 0.29) is 10.8 Å². The van der Waals surface area contributed by atoms with Crippen LogP contribution in [-0.2, 0) is 10.2 Å². The molecule has 2 rings (SSSR count). The quantitative estimate of drug-likeness (QED) is 0.752. The van der Waals surface area contributed by atoms with Crippen LogP contribution in [0.5, 0.6) is 5.75 Å². The number of hydrogen-bond donors (Lipinski definition) is 1. The topological polar surface area (TPSA) is 63.7 Å². The molecule has 2 heterocycles. The second-order valence-electron chi connectivity index (χ2n) is 9.81. The molecule has 1 saturated heterocycles. The fourth-order valence-corrected chi connectivity index (χ4v) is 3.17. The third kappa shape index (κ3) is 6.66. The van der Waals surface area contributed by atoms with Gasteiger partial charge in [0, 0.05) is 25.0 Å². The zero-order valence-corrected chi connectivity index (χ0v) is 18.6. The molecule has 6 nitrogen and oxygen atoms in total. The molecule has 0 atom stereocenters. The number of anilines is 1. The summed E-state index contributed by atoms with van der Waals surface area (Å²) in [5, 5.41) is 2.87. The van der Waals surface area contributed by atoms with Crippen LogP contribution in [0, 0.1) is 12.3 Å². The van der Waals surface area contributed by atoms with Crippen molar-refractivity contribution in [2.75, 3.05) is 37.7 Å². The van der Waals surface area contributed by atoms with Crippen LogP contribution in [0.15, 0.2) is 6.07 Å². The van der Waals surface area contributed by atoms with E-state index in [9.17, 15) is 4.79 Å². The smallest absolute Gasteiger partial charge is 0.408 e. The number of morpholine rings is 1. The van der Waals surface area contributed by atoms with Crippen LogP contribution in [0.3, 0.4) is 0 Å². The third-order valence-corrected chi connectivity index (χ3v) is 4.76. The molecule has 28 heavy (non-hydrogen) atoms. The van der Waals surface area contributed by atoms with Crippen LogP contribution < -0.4 is 15.0 Å². The van der Waals surface area contributed by atoms with Crippen molar-refractivity contribution in [2.45, 2.75) is 66.7 Å². The number of carbonyl (C=O) groups excluding carboxylic acids is 1. The summed E-state index contributed by atoms with van der Waals surface area (Å²) < 4.78 is 11.2. The molecule has 1 aromatic rings. The van der Waals surface area contributed by atoms with Gasteiger partial charge in [0.2, 0.25) is 0 Å². The van der Waals surface area contributed by atoms with E-state index in [1.165, 1.54) is 0 Å². The Hall–Kier alpha value is -1.82. The van der Waals surface area contributed by atoms with Gasteiger partial charge in [0.15, 0.2) is 5.75 Å². The van der Waals surface area contributed by atoms with Crippen molar-refractivity contribution in [1.29, 1.82) is 0 Å². The summed E-state index contributed by atoms with van der Waals surface area (Å²) in [6.45, 7) is 18.5. The van der Waals surface area contributed by atoms with E-state index >= 15 is 0 Å². The first-order valence-electron chi connectivity index (χ1n) is 10.3. The van der Waals surface area contributed by atoms with Crippen molar-refractivity contribution in [2.24, 2.45) is 5.41 Å². The van der Waals surface area contributed by atoms with Crippen molar-refractivity contribution < 1.29 is 14.3 Å². The minimum absolute atomic E-state index is 0.241. The summed E-state index contributed by atoms with van der Waals surface area (Å²) in [7, 11) is 0. The number of carbonyl (C=O) groups is 1. The van der Waals surface area contributed by atoms with E-state index < -0.39 is 6.09 Å². The van der Waals surface area contributed by atoms with Gasteiger partial charge in [-0.05, 0) is 36.8 Å². The first kappa shape index (κ1) is 22.5. The Morgan fingerprint density at radius 2 is 1.86 bits per heavy atom. The number of aryl methyl sites for hydroxylation is 1. The van der Waals surface area contributed by atoms with Crippen molar-refractivity contribution >= 4 is 11.9 Å². The Morgan fingerprint density at radius 3 is 2.43 bits per heavy atom. The number of ether oxygens (including phenoxy) is 2. The maximum atomic E-state index is 12.4. The Balaban J connectivity index is 2.13. The van der Waals surface area contributed by atoms with E-state index in [4.69, 9.17) is 14.5 Å². The average Bonchev–Trinajstić information content (AvgIpc) is 2.59. The van der Waals surface area contributed by atoms with Gasteiger partial charge >= 0.3 is 6.09 Å². The lowest BCUT2D eigenvalue weighted by molar-refractivity contribution is 0.122. The number of nitrogens with zero attached hydrogens (tertiary/aromatic N) is 2. The van der Waals surface area contributed by atoms with Gasteiger partial charge in [-0.2, -0.15) is 0 Å². The van der Waals surface area contributed by atoms with Gasteiger partial charge < -0.3 is 19.7 Å². The Kier molecular flexibility index (Phi) is 7.32. The number of aromatic nitrogens is 1. The summed E-state index contributed by atoms with van der Waals surface area (Å²) in [4.78, 5) is 19.5. The predicted octanol–water partition coefficient (Wildman–Crippen LogP) is 4.44. The van der Waals surface area contributed by atoms with Crippen molar-refractivity contribution in [3.8, 4) is 5.75 Å². The van der Waals surface area contributed by atoms with Gasteiger partial charge in [0.05, 0.1) is 18.9 Å². The first-order chi connectivity index (χ1) is 13.0. The molecule has 0 saturated carbocycles. The zero-order chi connectivity index (χ0) is 20.9. The second-order valence-corrected chi connectivity index (χ2v) is 9.81. The number of rotatable bonds is 5. The molecular formula is C22H37N3O3. The normalized spacial score (nSPS) is 15.5. The van der Waals surface area contributed by atoms with Crippen molar-refractivity contribution in [3.05, 3.63) is 17.3 Å². The minimum Gasteiger partial charge on any atom is -0.408 e. The lowest BCUT2D eigenvalue weighted by Gasteiger charge is -2.30. The molecule has 1 N–H and O–H groups in total. The Morgan fingerprint density at radius 1 is 1.21 bits per heavy atom. The number of nitrogens with one attached hydrogen (secondary N) is 1. The summed E-state index contributed by atoms with van der Waals surface area (Å²) in [5.74, 6) is 1.49. The van der Waals surface area contributed by atoms with Crippen LogP contribution >= 0.6 is 0 Å². The molecular weight excluding hydrogens is 354 g/mol. The molecule has 0 aromatic carbocycles. The van der Waals surface area contributed by atoms with Gasteiger partial charge in [-0.25, -0.2) is 9.78 Å². The van der Waals surface area contributed by atoms with Gasteiger partial charge in [-0.3, -0.25) is 0 Å². The largest absolute Gasteiger partial charge is 0.412 e. The van der Waals surface area contributed by atoms with Crippen LogP contribution in [0.25, 0.3) is 0 Å². The van der Waals surface area contributed by atoms with E-state index in [2.05, 4.69) is 51.8 Å². The van der Waals surface area contributed by atoms with E-state index in [0.717, 1.165) is 43.0 Å². The highest BCUT2D eigenvalue weighted by Gasteiger charge is 2.27. The molecule has 1 aliphatic heterocycles. The highest BCUT2D eigenvalue weighted by Crippen LogP contribution is 2.35. The first-order valence-corrected chi connectivity index (χ1v) is 10.3. The average molecular weight is 392 g/mol. The molecule has 6 heteroatoms. The summed E-state index contributed by atoms with van der Waals surface area (Å²) in [5.41, 5.74) is 1.75. The molecule has 0 radical (unpaired) electrons. The summed E-state index contributed by atoms with van der Waals surface area (Å²) in [6, 6.07) is 2.00. The van der Waals surface area contributed by atoms with Crippen molar-refractivity contribution in [3.63, 3.8) is 0 Å². The SMILES string of the molecule is Cc1cc(N2CCOCC2)nc(C(C)(C)C)c1OC(=O)NCCCC(C)(C)C. The number of hydrogen-bond acceptors (Lipinski definition) is 5. The maximum absolute atomic E-state index is 12.4.